The first-order valence-electron chi connectivity index (χ1n) is 5.23. The molecule has 0 saturated heterocycles. The molecular weight excluding hydrogens is 256 g/mol. The van der Waals surface area contributed by atoms with Crippen LogP contribution in [0, 0.1) is 18.6 Å². The Morgan fingerprint density at radius 1 is 1.22 bits per heavy atom. The number of hydrogen-bond acceptors (Lipinski definition) is 4. The van der Waals surface area contributed by atoms with Gasteiger partial charge in [-0.25, -0.2) is 18.7 Å². The van der Waals surface area contributed by atoms with Crippen molar-refractivity contribution in [1.29, 1.82) is 0 Å². The SMILES string of the molecule is Cc1cc(N)nc(SCc2c(F)cccc2F)n1. The molecule has 2 rings (SSSR count). The Bertz CT molecular complexity index is 535. The molecule has 0 fully saturated rings. The molecule has 0 saturated carbocycles. The molecular formula is C12H11F2N3S. The molecule has 1 aromatic heterocycles. The summed E-state index contributed by atoms with van der Waals surface area (Å²) in [6.45, 7) is 1.78. The number of nitrogens with two attached hydrogens (primary N) is 1. The molecule has 18 heavy (non-hydrogen) atoms. The molecule has 1 heterocycles. The molecule has 0 aliphatic rings. The van der Waals surface area contributed by atoms with Crippen LogP contribution in [0.15, 0.2) is 29.4 Å². The summed E-state index contributed by atoms with van der Waals surface area (Å²) in [6, 6.07) is 5.42. The van der Waals surface area contributed by atoms with E-state index in [9.17, 15) is 8.78 Å². The van der Waals surface area contributed by atoms with E-state index >= 15 is 0 Å². The zero-order chi connectivity index (χ0) is 13.1. The Morgan fingerprint density at radius 3 is 2.50 bits per heavy atom. The molecule has 94 valence electrons. The summed E-state index contributed by atoms with van der Waals surface area (Å²) in [6.07, 6.45) is 0. The topological polar surface area (TPSA) is 51.8 Å². The maximum atomic E-state index is 13.4. The van der Waals surface area contributed by atoms with E-state index in [1.54, 1.807) is 13.0 Å². The molecule has 0 unspecified atom stereocenters. The Hall–Kier alpha value is -1.69. The van der Waals surface area contributed by atoms with Crippen molar-refractivity contribution >= 4 is 17.6 Å². The molecule has 2 N–H and O–H groups in total. The average molecular weight is 267 g/mol. The van der Waals surface area contributed by atoms with E-state index in [1.165, 1.54) is 18.2 Å². The first-order valence-corrected chi connectivity index (χ1v) is 6.21. The predicted molar refractivity (Wildman–Crippen MR) is 67.1 cm³/mol. The van der Waals surface area contributed by atoms with Gasteiger partial charge in [-0.2, -0.15) is 0 Å². The van der Waals surface area contributed by atoms with Crippen molar-refractivity contribution in [3.05, 3.63) is 47.2 Å². The van der Waals surface area contributed by atoms with E-state index < -0.39 is 11.6 Å². The highest BCUT2D eigenvalue weighted by atomic mass is 32.2. The van der Waals surface area contributed by atoms with Gasteiger partial charge in [-0.3, -0.25) is 0 Å². The van der Waals surface area contributed by atoms with E-state index in [1.807, 2.05) is 0 Å². The third-order valence-corrected chi connectivity index (χ3v) is 3.13. The summed E-state index contributed by atoms with van der Waals surface area (Å²) >= 11 is 1.15. The highest BCUT2D eigenvalue weighted by Gasteiger charge is 2.10. The maximum Gasteiger partial charge on any atom is 0.190 e. The van der Waals surface area contributed by atoms with Crippen LogP contribution < -0.4 is 5.73 Å². The Balaban J connectivity index is 2.16. The van der Waals surface area contributed by atoms with Gasteiger partial charge in [0.05, 0.1) is 0 Å². The van der Waals surface area contributed by atoms with Gasteiger partial charge in [0.15, 0.2) is 5.16 Å². The van der Waals surface area contributed by atoms with Crippen molar-refractivity contribution in [2.24, 2.45) is 0 Å². The summed E-state index contributed by atoms with van der Waals surface area (Å²) in [4.78, 5) is 8.13. The predicted octanol–water partition coefficient (Wildman–Crippen LogP) is 2.94. The highest BCUT2D eigenvalue weighted by Crippen LogP contribution is 2.23. The van der Waals surface area contributed by atoms with E-state index in [2.05, 4.69) is 9.97 Å². The molecule has 0 amide bonds. The van der Waals surface area contributed by atoms with Crippen LogP contribution in [0.1, 0.15) is 11.3 Å². The second-order valence-corrected chi connectivity index (χ2v) is 4.65. The van der Waals surface area contributed by atoms with E-state index in [4.69, 9.17) is 5.73 Å². The summed E-state index contributed by atoms with van der Waals surface area (Å²) in [7, 11) is 0. The number of aryl methyl sites for hydroxylation is 1. The lowest BCUT2D eigenvalue weighted by Crippen LogP contribution is -1.98. The van der Waals surface area contributed by atoms with Crippen LogP contribution in [0.25, 0.3) is 0 Å². The Morgan fingerprint density at radius 2 is 1.89 bits per heavy atom. The van der Waals surface area contributed by atoms with Crippen molar-refractivity contribution in [2.75, 3.05) is 5.73 Å². The molecule has 1 aromatic carbocycles. The van der Waals surface area contributed by atoms with Gasteiger partial charge in [-0.05, 0) is 19.1 Å². The zero-order valence-electron chi connectivity index (χ0n) is 9.65. The molecule has 2 aromatic rings. The van der Waals surface area contributed by atoms with Crippen LogP contribution >= 0.6 is 11.8 Å². The third-order valence-electron chi connectivity index (χ3n) is 2.26. The molecule has 0 aliphatic heterocycles. The van der Waals surface area contributed by atoms with Crippen LogP contribution in [-0.4, -0.2) is 9.97 Å². The second-order valence-electron chi connectivity index (χ2n) is 3.71. The summed E-state index contributed by atoms with van der Waals surface area (Å²) < 4.78 is 26.8. The largest absolute Gasteiger partial charge is 0.384 e. The molecule has 3 nitrogen and oxygen atoms in total. The molecule has 0 radical (unpaired) electrons. The number of benzene rings is 1. The summed E-state index contributed by atoms with van der Waals surface area (Å²) in [5, 5.41) is 0.412. The first kappa shape index (κ1) is 12.8. The van der Waals surface area contributed by atoms with E-state index in [0.717, 1.165) is 17.5 Å². The minimum Gasteiger partial charge on any atom is -0.384 e. The minimum atomic E-state index is -0.567. The first-order chi connectivity index (χ1) is 8.56. The van der Waals surface area contributed by atoms with Crippen molar-refractivity contribution in [3.8, 4) is 0 Å². The van der Waals surface area contributed by atoms with Gasteiger partial charge in [0.2, 0.25) is 0 Å². The van der Waals surface area contributed by atoms with Crippen molar-refractivity contribution in [1.82, 2.24) is 9.97 Å². The normalized spacial score (nSPS) is 10.6. The van der Waals surface area contributed by atoms with Gasteiger partial charge in [0, 0.05) is 23.1 Å². The monoisotopic (exact) mass is 267 g/mol. The number of anilines is 1. The maximum absolute atomic E-state index is 13.4. The van der Waals surface area contributed by atoms with Crippen molar-refractivity contribution < 1.29 is 8.78 Å². The van der Waals surface area contributed by atoms with E-state index in [0.29, 0.717) is 11.0 Å². The number of rotatable bonds is 3. The summed E-state index contributed by atoms with van der Waals surface area (Å²) in [5.74, 6) is -0.660. The quantitative estimate of drug-likeness (QED) is 0.686. The standard InChI is InChI=1S/C12H11F2N3S/c1-7-5-11(15)17-12(16-7)18-6-8-9(13)3-2-4-10(8)14/h2-5H,6H2,1H3,(H2,15,16,17). The smallest absolute Gasteiger partial charge is 0.190 e. The molecule has 0 atom stereocenters. The summed E-state index contributed by atoms with van der Waals surface area (Å²) in [5.41, 5.74) is 6.32. The molecule has 6 heteroatoms. The minimum absolute atomic E-state index is 0.0196. The Kier molecular flexibility index (Phi) is 3.76. The van der Waals surface area contributed by atoms with Crippen LogP contribution in [-0.2, 0) is 5.75 Å². The number of nitrogen functional groups attached to an aromatic ring is 1. The molecule has 0 spiro atoms. The fraction of sp³-hybridized carbons (Fsp3) is 0.167. The van der Waals surface area contributed by atoms with Crippen LogP contribution in [0.3, 0.4) is 0 Å². The average Bonchev–Trinajstić information content (AvgIpc) is 2.27. The number of halogens is 2. The van der Waals surface area contributed by atoms with E-state index in [-0.39, 0.29) is 11.3 Å². The lowest BCUT2D eigenvalue weighted by Gasteiger charge is -2.05. The van der Waals surface area contributed by atoms with Gasteiger partial charge < -0.3 is 5.73 Å². The van der Waals surface area contributed by atoms with Gasteiger partial charge in [0.1, 0.15) is 17.5 Å². The lowest BCUT2D eigenvalue weighted by molar-refractivity contribution is 0.566. The molecule has 0 bridgehead atoms. The fourth-order valence-corrected chi connectivity index (χ4v) is 2.36. The second kappa shape index (κ2) is 5.30. The van der Waals surface area contributed by atoms with Gasteiger partial charge in [-0.1, -0.05) is 17.8 Å². The Labute approximate surface area is 107 Å². The number of thioether (sulfide) groups is 1. The van der Waals surface area contributed by atoms with Gasteiger partial charge >= 0.3 is 0 Å². The zero-order valence-corrected chi connectivity index (χ0v) is 10.5. The van der Waals surface area contributed by atoms with Crippen LogP contribution in [0.2, 0.25) is 0 Å². The van der Waals surface area contributed by atoms with Crippen molar-refractivity contribution in [2.45, 2.75) is 17.8 Å². The van der Waals surface area contributed by atoms with Crippen LogP contribution in [0.4, 0.5) is 14.6 Å². The third kappa shape index (κ3) is 2.95. The van der Waals surface area contributed by atoms with Crippen molar-refractivity contribution in [3.63, 3.8) is 0 Å². The number of hydrogen-bond donors (Lipinski definition) is 1. The number of aromatic nitrogens is 2. The van der Waals surface area contributed by atoms with Gasteiger partial charge in [0.25, 0.3) is 0 Å². The van der Waals surface area contributed by atoms with Gasteiger partial charge in [-0.15, -0.1) is 0 Å². The highest BCUT2D eigenvalue weighted by molar-refractivity contribution is 7.98. The fourth-order valence-electron chi connectivity index (χ4n) is 1.44. The molecule has 0 aliphatic carbocycles. The number of nitrogens with zero attached hydrogens (tertiary/aromatic N) is 2. The van der Waals surface area contributed by atoms with Crippen LogP contribution in [0.5, 0.6) is 0 Å². The lowest BCUT2D eigenvalue weighted by atomic mass is 10.2.